The number of amides is 1. The van der Waals surface area contributed by atoms with Gasteiger partial charge in [0.15, 0.2) is 0 Å². The van der Waals surface area contributed by atoms with E-state index in [1.54, 1.807) is 18.2 Å². The summed E-state index contributed by atoms with van der Waals surface area (Å²) in [6.45, 7) is 0.269. The van der Waals surface area contributed by atoms with Gasteiger partial charge in [0, 0.05) is 12.0 Å². The van der Waals surface area contributed by atoms with Crippen LogP contribution in [0, 0.1) is 0 Å². The lowest BCUT2D eigenvalue weighted by Crippen LogP contribution is -2.40. The number of nitrogens with one attached hydrogen (secondary N) is 2. The Morgan fingerprint density at radius 3 is 2.12 bits per heavy atom. The van der Waals surface area contributed by atoms with Crippen LogP contribution in [0.15, 0.2) is 65.6 Å². The van der Waals surface area contributed by atoms with E-state index >= 15 is 0 Å². The second-order valence-corrected chi connectivity index (χ2v) is 7.83. The van der Waals surface area contributed by atoms with Crippen LogP contribution < -0.4 is 10.0 Å². The molecule has 0 heterocycles. The molecule has 3 rings (SSSR count). The largest absolute Gasteiger partial charge is 0.354 e. The van der Waals surface area contributed by atoms with Crippen molar-refractivity contribution in [1.29, 1.82) is 0 Å². The zero-order chi connectivity index (χ0) is 17.0. The van der Waals surface area contributed by atoms with Crippen LogP contribution in [0.3, 0.4) is 0 Å². The van der Waals surface area contributed by atoms with Crippen molar-refractivity contribution < 1.29 is 13.2 Å². The highest BCUT2D eigenvalue weighted by Gasteiger charge is 2.44. The molecule has 2 aromatic carbocycles. The molecule has 0 aliphatic heterocycles. The second kappa shape index (κ2) is 6.75. The van der Waals surface area contributed by atoms with Crippen molar-refractivity contribution >= 4 is 15.9 Å². The molecule has 6 heteroatoms. The lowest BCUT2D eigenvalue weighted by atomic mass is 9.96. The van der Waals surface area contributed by atoms with E-state index in [0.29, 0.717) is 6.54 Å². The SMILES string of the molecule is O=C(CNS(=O)(=O)c1ccccc1)NCC1(c2ccccc2)CC1. The van der Waals surface area contributed by atoms with Gasteiger partial charge in [0.25, 0.3) is 0 Å². The molecule has 24 heavy (non-hydrogen) atoms. The number of rotatable bonds is 7. The van der Waals surface area contributed by atoms with Crippen molar-refractivity contribution in [3.05, 3.63) is 66.2 Å². The predicted octanol–water partition coefficient (Wildman–Crippen LogP) is 1.81. The molecular weight excluding hydrogens is 324 g/mol. The van der Waals surface area contributed by atoms with Gasteiger partial charge in [-0.3, -0.25) is 4.79 Å². The van der Waals surface area contributed by atoms with Crippen LogP contribution in [0.1, 0.15) is 18.4 Å². The summed E-state index contributed by atoms with van der Waals surface area (Å²) in [5.41, 5.74) is 1.23. The summed E-state index contributed by atoms with van der Waals surface area (Å²) in [5.74, 6) is -0.322. The topological polar surface area (TPSA) is 75.3 Å². The molecule has 0 radical (unpaired) electrons. The van der Waals surface area contributed by atoms with Gasteiger partial charge in [-0.1, -0.05) is 48.5 Å². The van der Waals surface area contributed by atoms with E-state index in [2.05, 4.69) is 22.2 Å². The van der Waals surface area contributed by atoms with Gasteiger partial charge in [0.1, 0.15) is 0 Å². The molecule has 0 spiro atoms. The molecule has 1 saturated carbocycles. The molecule has 2 aromatic rings. The van der Waals surface area contributed by atoms with E-state index in [9.17, 15) is 13.2 Å². The summed E-state index contributed by atoms with van der Waals surface area (Å²) in [6.07, 6.45) is 2.07. The van der Waals surface area contributed by atoms with Gasteiger partial charge in [-0.25, -0.2) is 13.1 Å². The molecule has 0 aromatic heterocycles. The van der Waals surface area contributed by atoms with E-state index < -0.39 is 10.0 Å². The lowest BCUT2D eigenvalue weighted by Gasteiger charge is -2.16. The summed E-state index contributed by atoms with van der Waals surface area (Å²) in [5, 5.41) is 2.84. The second-order valence-electron chi connectivity index (χ2n) is 6.06. The minimum absolute atomic E-state index is 0.00915. The first-order chi connectivity index (χ1) is 11.5. The van der Waals surface area contributed by atoms with E-state index in [1.807, 2.05) is 18.2 Å². The van der Waals surface area contributed by atoms with E-state index in [4.69, 9.17) is 0 Å². The molecular formula is C18H20N2O3S. The van der Waals surface area contributed by atoms with Crippen LogP contribution in [0.5, 0.6) is 0 Å². The molecule has 126 valence electrons. The molecule has 2 N–H and O–H groups in total. The quantitative estimate of drug-likeness (QED) is 0.804. The van der Waals surface area contributed by atoms with Gasteiger partial charge in [0.2, 0.25) is 15.9 Å². The lowest BCUT2D eigenvalue weighted by molar-refractivity contribution is -0.120. The van der Waals surface area contributed by atoms with Crippen LogP contribution in [0.4, 0.5) is 0 Å². The number of carbonyl (C=O) groups excluding carboxylic acids is 1. The van der Waals surface area contributed by atoms with Crippen molar-refractivity contribution in [3.8, 4) is 0 Å². The van der Waals surface area contributed by atoms with Crippen molar-refractivity contribution in [3.63, 3.8) is 0 Å². The Balaban J connectivity index is 1.52. The number of hydrogen-bond acceptors (Lipinski definition) is 3. The summed E-state index contributed by atoms with van der Waals surface area (Å²) in [6, 6.07) is 18.1. The first kappa shape index (κ1) is 16.7. The van der Waals surface area contributed by atoms with E-state index in [-0.39, 0.29) is 22.8 Å². The average Bonchev–Trinajstić information content (AvgIpc) is 3.41. The number of hydrogen-bond donors (Lipinski definition) is 2. The van der Waals surface area contributed by atoms with Crippen LogP contribution in [-0.4, -0.2) is 27.4 Å². The van der Waals surface area contributed by atoms with Gasteiger partial charge in [-0.15, -0.1) is 0 Å². The number of benzene rings is 2. The summed E-state index contributed by atoms with van der Waals surface area (Å²) in [4.78, 5) is 12.1. The third-order valence-corrected chi connectivity index (χ3v) is 5.76. The van der Waals surface area contributed by atoms with Crippen LogP contribution in [-0.2, 0) is 20.2 Å². The Bertz CT molecular complexity index is 801. The molecule has 1 fully saturated rings. The third kappa shape index (κ3) is 3.83. The van der Waals surface area contributed by atoms with Crippen molar-refractivity contribution in [1.82, 2.24) is 10.0 Å². The van der Waals surface area contributed by atoms with Crippen LogP contribution >= 0.6 is 0 Å². The fourth-order valence-electron chi connectivity index (χ4n) is 2.68. The number of carbonyl (C=O) groups is 1. The molecule has 0 bridgehead atoms. The predicted molar refractivity (Wildman–Crippen MR) is 92.0 cm³/mol. The summed E-state index contributed by atoms with van der Waals surface area (Å²) in [7, 11) is -3.66. The molecule has 0 unspecified atom stereocenters. The summed E-state index contributed by atoms with van der Waals surface area (Å²) >= 11 is 0. The van der Waals surface area contributed by atoms with Crippen molar-refractivity contribution in [2.45, 2.75) is 23.2 Å². The Morgan fingerprint density at radius 2 is 1.54 bits per heavy atom. The smallest absolute Gasteiger partial charge is 0.241 e. The number of sulfonamides is 1. The normalized spacial score (nSPS) is 15.7. The maximum Gasteiger partial charge on any atom is 0.241 e. The van der Waals surface area contributed by atoms with Gasteiger partial charge >= 0.3 is 0 Å². The van der Waals surface area contributed by atoms with Crippen LogP contribution in [0.2, 0.25) is 0 Å². The maximum absolute atomic E-state index is 12.1. The fourth-order valence-corrected chi connectivity index (χ4v) is 3.69. The fraction of sp³-hybridized carbons (Fsp3) is 0.278. The molecule has 0 saturated heterocycles. The van der Waals surface area contributed by atoms with Crippen molar-refractivity contribution in [2.75, 3.05) is 13.1 Å². The zero-order valence-electron chi connectivity index (χ0n) is 13.2. The van der Waals surface area contributed by atoms with Gasteiger partial charge in [0.05, 0.1) is 11.4 Å². The average molecular weight is 344 g/mol. The van der Waals surface area contributed by atoms with Crippen molar-refractivity contribution in [2.24, 2.45) is 0 Å². The van der Waals surface area contributed by atoms with Crippen LogP contribution in [0.25, 0.3) is 0 Å². The minimum Gasteiger partial charge on any atom is -0.354 e. The maximum atomic E-state index is 12.1. The monoisotopic (exact) mass is 344 g/mol. The molecule has 1 aliphatic rings. The Hall–Kier alpha value is -2.18. The Labute approximate surface area is 142 Å². The van der Waals surface area contributed by atoms with E-state index in [1.165, 1.54) is 17.7 Å². The standard InChI is InChI=1S/C18H20N2O3S/c21-17(13-20-24(22,23)16-9-5-2-6-10-16)19-14-18(11-12-18)15-7-3-1-4-8-15/h1-10,20H,11-14H2,(H,19,21). The molecule has 1 aliphatic carbocycles. The third-order valence-electron chi connectivity index (χ3n) is 4.34. The van der Waals surface area contributed by atoms with E-state index in [0.717, 1.165) is 12.8 Å². The molecule has 0 atom stereocenters. The first-order valence-electron chi connectivity index (χ1n) is 7.89. The molecule has 5 nitrogen and oxygen atoms in total. The highest BCUT2D eigenvalue weighted by atomic mass is 32.2. The highest BCUT2D eigenvalue weighted by molar-refractivity contribution is 7.89. The van der Waals surface area contributed by atoms with Gasteiger partial charge in [-0.05, 0) is 30.5 Å². The highest BCUT2D eigenvalue weighted by Crippen LogP contribution is 2.47. The van der Waals surface area contributed by atoms with Gasteiger partial charge < -0.3 is 5.32 Å². The van der Waals surface area contributed by atoms with Gasteiger partial charge in [-0.2, -0.15) is 0 Å². The first-order valence-corrected chi connectivity index (χ1v) is 9.37. The zero-order valence-corrected chi connectivity index (χ0v) is 14.1. The minimum atomic E-state index is -3.66. The Kier molecular flexibility index (Phi) is 4.69. The Morgan fingerprint density at radius 1 is 0.958 bits per heavy atom. The molecule has 1 amide bonds. The summed E-state index contributed by atoms with van der Waals surface area (Å²) < 4.78 is 26.5.